The van der Waals surface area contributed by atoms with Crippen LogP contribution in [-0.4, -0.2) is 13.6 Å². The fourth-order valence-electron chi connectivity index (χ4n) is 2.22. The first kappa shape index (κ1) is 14.4. The van der Waals surface area contributed by atoms with Crippen LogP contribution in [0.3, 0.4) is 0 Å². The number of nitrogens with one attached hydrogen (secondary N) is 2. The summed E-state index contributed by atoms with van der Waals surface area (Å²) < 4.78 is 0. The van der Waals surface area contributed by atoms with Crippen molar-refractivity contribution in [1.29, 1.82) is 0 Å². The zero-order valence-corrected chi connectivity index (χ0v) is 12.4. The molecule has 0 spiro atoms. The summed E-state index contributed by atoms with van der Waals surface area (Å²) >= 11 is 0. The number of hydrogen-bond donors (Lipinski definition) is 2. The Morgan fingerprint density at radius 1 is 0.800 bits per heavy atom. The molecule has 0 radical (unpaired) electrons. The van der Waals surface area contributed by atoms with Gasteiger partial charge >= 0.3 is 0 Å². The molecule has 2 N–H and O–H groups in total. The van der Waals surface area contributed by atoms with Crippen LogP contribution in [0.15, 0.2) is 48.5 Å². The van der Waals surface area contributed by atoms with Crippen LogP contribution in [0.2, 0.25) is 0 Å². The molecular formula is C18H24N2. The molecule has 0 aliphatic heterocycles. The van der Waals surface area contributed by atoms with Crippen molar-refractivity contribution in [3.63, 3.8) is 0 Å². The molecule has 0 atom stereocenters. The van der Waals surface area contributed by atoms with E-state index in [2.05, 4.69) is 66.1 Å². The van der Waals surface area contributed by atoms with Crippen molar-refractivity contribution in [2.45, 2.75) is 26.2 Å². The van der Waals surface area contributed by atoms with Crippen molar-refractivity contribution in [1.82, 2.24) is 0 Å². The maximum atomic E-state index is 3.48. The average Bonchev–Trinajstić information content (AvgIpc) is 2.53. The normalized spacial score (nSPS) is 10.3. The van der Waals surface area contributed by atoms with E-state index in [1.807, 2.05) is 7.05 Å². The Morgan fingerprint density at radius 2 is 1.40 bits per heavy atom. The van der Waals surface area contributed by atoms with Gasteiger partial charge in [-0.2, -0.15) is 0 Å². The lowest BCUT2D eigenvalue weighted by Gasteiger charge is -2.08. The topological polar surface area (TPSA) is 24.1 Å². The first-order valence-corrected chi connectivity index (χ1v) is 7.41. The predicted octanol–water partition coefficient (Wildman–Crippen LogP) is 4.34. The molecule has 0 saturated heterocycles. The van der Waals surface area contributed by atoms with Crippen LogP contribution in [0.4, 0.5) is 11.4 Å². The van der Waals surface area contributed by atoms with Gasteiger partial charge in [0.2, 0.25) is 0 Å². The molecule has 2 aromatic carbocycles. The van der Waals surface area contributed by atoms with Gasteiger partial charge in [-0.25, -0.2) is 0 Å². The third-order valence-corrected chi connectivity index (χ3v) is 3.58. The quantitative estimate of drug-likeness (QED) is 0.730. The summed E-state index contributed by atoms with van der Waals surface area (Å²) in [4.78, 5) is 0. The molecule has 0 heterocycles. The smallest absolute Gasteiger partial charge is 0.0340 e. The van der Waals surface area contributed by atoms with Gasteiger partial charge in [0.1, 0.15) is 0 Å². The molecule has 0 amide bonds. The molecular weight excluding hydrogens is 244 g/mol. The Balaban J connectivity index is 1.72. The van der Waals surface area contributed by atoms with Gasteiger partial charge in [0.25, 0.3) is 0 Å². The van der Waals surface area contributed by atoms with Crippen molar-refractivity contribution < 1.29 is 0 Å². The van der Waals surface area contributed by atoms with Crippen LogP contribution in [0.5, 0.6) is 0 Å². The van der Waals surface area contributed by atoms with Crippen LogP contribution in [0.1, 0.15) is 24.5 Å². The fourth-order valence-corrected chi connectivity index (χ4v) is 2.22. The molecule has 0 fully saturated rings. The molecule has 20 heavy (non-hydrogen) atoms. The summed E-state index contributed by atoms with van der Waals surface area (Å²) in [6.45, 7) is 3.20. The van der Waals surface area contributed by atoms with Crippen LogP contribution < -0.4 is 10.6 Å². The number of anilines is 2. The van der Waals surface area contributed by atoms with E-state index >= 15 is 0 Å². The second-order valence-electron chi connectivity index (χ2n) is 5.03. The average molecular weight is 268 g/mol. The highest BCUT2D eigenvalue weighted by Crippen LogP contribution is 2.12. The minimum absolute atomic E-state index is 1.01. The number of benzene rings is 2. The second kappa shape index (κ2) is 7.59. The summed E-state index contributed by atoms with van der Waals surface area (Å²) in [6, 6.07) is 17.4. The van der Waals surface area contributed by atoms with Crippen LogP contribution in [0, 0.1) is 0 Å². The van der Waals surface area contributed by atoms with Crippen molar-refractivity contribution >= 4 is 11.4 Å². The number of hydrogen-bond acceptors (Lipinski definition) is 2. The Hall–Kier alpha value is -1.96. The van der Waals surface area contributed by atoms with Gasteiger partial charge in [-0.15, -0.1) is 0 Å². The molecule has 2 aromatic rings. The van der Waals surface area contributed by atoms with E-state index in [1.165, 1.54) is 22.5 Å². The monoisotopic (exact) mass is 268 g/mol. The summed E-state index contributed by atoms with van der Waals surface area (Å²) in [6.07, 6.45) is 3.36. The Bertz CT molecular complexity index is 450. The van der Waals surface area contributed by atoms with Gasteiger partial charge in [0, 0.05) is 25.0 Å². The van der Waals surface area contributed by atoms with Crippen molar-refractivity contribution in [3.05, 3.63) is 59.7 Å². The van der Waals surface area contributed by atoms with Crippen molar-refractivity contribution in [2.75, 3.05) is 24.2 Å². The standard InChI is InChI=1S/C18H24N2/c1-3-15-6-12-18(13-7-15)20-14-4-5-16-8-10-17(19-2)11-9-16/h6-13,19-20H,3-5,14H2,1-2H3. The van der Waals surface area contributed by atoms with E-state index in [1.54, 1.807) is 0 Å². The van der Waals surface area contributed by atoms with E-state index in [-0.39, 0.29) is 0 Å². The summed E-state index contributed by atoms with van der Waals surface area (Å²) in [7, 11) is 1.95. The molecule has 2 heteroatoms. The summed E-state index contributed by atoms with van der Waals surface area (Å²) in [5.74, 6) is 0. The molecule has 106 valence electrons. The summed E-state index contributed by atoms with van der Waals surface area (Å²) in [5, 5.41) is 6.62. The Labute approximate surface area is 122 Å². The SMILES string of the molecule is CCc1ccc(NCCCc2ccc(NC)cc2)cc1. The number of rotatable bonds is 7. The lowest BCUT2D eigenvalue weighted by Crippen LogP contribution is -2.03. The molecule has 0 unspecified atom stereocenters. The Kier molecular flexibility index (Phi) is 5.48. The highest BCUT2D eigenvalue weighted by molar-refractivity contribution is 5.45. The minimum atomic E-state index is 1.01. The molecule has 2 rings (SSSR count). The van der Waals surface area contributed by atoms with E-state index in [0.717, 1.165) is 25.8 Å². The van der Waals surface area contributed by atoms with Gasteiger partial charge in [0.05, 0.1) is 0 Å². The molecule has 0 aromatic heterocycles. The minimum Gasteiger partial charge on any atom is -0.388 e. The molecule has 0 aliphatic rings. The van der Waals surface area contributed by atoms with Crippen molar-refractivity contribution in [3.8, 4) is 0 Å². The maximum Gasteiger partial charge on any atom is 0.0340 e. The van der Waals surface area contributed by atoms with Gasteiger partial charge in [-0.1, -0.05) is 31.2 Å². The molecule has 0 bridgehead atoms. The van der Waals surface area contributed by atoms with E-state index in [9.17, 15) is 0 Å². The molecule has 0 saturated carbocycles. The van der Waals surface area contributed by atoms with Crippen LogP contribution >= 0.6 is 0 Å². The van der Waals surface area contributed by atoms with Crippen LogP contribution in [0.25, 0.3) is 0 Å². The first-order valence-electron chi connectivity index (χ1n) is 7.41. The molecule has 2 nitrogen and oxygen atoms in total. The zero-order valence-electron chi connectivity index (χ0n) is 12.4. The zero-order chi connectivity index (χ0) is 14.2. The third-order valence-electron chi connectivity index (χ3n) is 3.58. The lowest BCUT2D eigenvalue weighted by atomic mass is 10.1. The number of aryl methyl sites for hydroxylation is 2. The highest BCUT2D eigenvalue weighted by Gasteiger charge is 1.95. The van der Waals surface area contributed by atoms with E-state index < -0.39 is 0 Å². The van der Waals surface area contributed by atoms with E-state index in [4.69, 9.17) is 0 Å². The predicted molar refractivity (Wildman–Crippen MR) is 88.6 cm³/mol. The first-order chi connectivity index (χ1) is 9.81. The fraction of sp³-hybridized carbons (Fsp3) is 0.333. The van der Waals surface area contributed by atoms with Gasteiger partial charge in [0.15, 0.2) is 0 Å². The molecule has 0 aliphatic carbocycles. The second-order valence-corrected chi connectivity index (χ2v) is 5.03. The van der Waals surface area contributed by atoms with E-state index in [0.29, 0.717) is 0 Å². The van der Waals surface area contributed by atoms with Crippen LogP contribution in [-0.2, 0) is 12.8 Å². The third kappa shape index (κ3) is 4.30. The lowest BCUT2D eigenvalue weighted by molar-refractivity contribution is 0.863. The van der Waals surface area contributed by atoms with Gasteiger partial charge < -0.3 is 10.6 Å². The summed E-state index contributed by atoms with van der Waals surface area (Å²) in [5.41, 5.74) is 5.17. The van der Waals surface area contributed by atoms with Gasteiger partial charge in [-0.05, 0) is 54.7 Å². The maximum absolute atomic E-state index is 3.48. The van der Waals surface area contributed by atoms with Crippen molar-refractivity contribution in [2.24, 2.45) is 0 Å². The van der Waals surface area contributed by atoms with Gasteiger partial charge in [-0.3, -0.25) is 0 Å². The highest BCUT2D eigenvalue weighted by atomic mass is 14.9. The Morgan fingerprint density at radius 3 is 2.00 bits per heavy atom. The largest absolute Gasteiger partial charge is 0.388 e.